The number of amides is 1. The van der Waals surface area contributed by atoms with Gasteiger partial charge in [0.05, 0.1) is 0 Å². The molecule has 0 bridgehead atoms. The Kier molecular flexibility index (Phi) is 5.87. The van der Waals surface area contributed by atoms with Crippen molar-refractivity contribution in [3.05, 3.63) is 0 Å². The van der Waals surface area contributed by atoms with Crippen LogP contribution in [0.1, 0.15) is 41.0 Å². The Morgan fingerprint density at radius 1 is 1.22 bits per heavy atom. The Hall–Kier alpha value is -0.100. The first-order chi connectivity index (χ1) is 7.77. The minimum atomic E-state index is -3.41. The second-order valence-electron chi connectivity index (χ2n) is 6.35. The van der Waals surface area contributed by atoms with Gasteiger partial charge in [-0.15, -0.1) is 0 Å². The molecule has 0 saturated heterocycles. The van der Waals surface area contributed by atoms with Gasteiger partial charge in [-0.25, -0.2) is 8.42 Å². The predicted molar refractivity (Wildman–Crippen MR) is 78.7 cm³/mol. The van der Waals surface area contributed by atoms with Crippen LogP contribution < -0.4 is 5.32 Å². The Balaban J connectivity index is 4.45. The molecule has 0 aliphatic heterocycles. The minimum absolute atomic E-state index is 0.136. The van der Waals surface area contributed by atoms with Gasteiger partial charge in [-0.05, 0) is 25.7 Å². The average Bonchev–Trinajstić information content (AvgIpc) is 2.09. The number of carbonyl (C=O) groups is 1. The summed E-state index contributed by atoms with van der Waals surface area (Å²) in [5.74, 6) is -0.455. The highest BCUT2D eigenvalue weighted by atomic mass is 79.9. The molecule has 0 heterocycles. The highest BCUT2D eigenvalue weighted by Crippen LogP contribution is 2.24. The van der Waals surface area contributed by atoms with Gasteiger partial charge in [0.1, 0.15) is 4.75 Å². The van der Waals surface area contributed by atoms with Gasteiger partial charge < -0.3 is 5.32 Å². The summed E-state index contributed by atoms with van der Waals surface area (Å²) in [4.78, 5) is 12.0. The van der Waals surface area contributed by atoms with Gasteiger partial charge in [0.15, 0.2) is 9.84 Å². The molecule has 0 aliphatic rings. The van der Waals surface area contributed by atoms with E-state index in [0.717, 1.165) is 12.7 Å². The molecule has 6 heteroatoms. The van der Waals surface area contributed by atoms with E-state index >= 15 is 0 Å². The van der Waals surface area contributed by atoms with Crippen LogP contribution in [-0.2, 0) is 14.6 Å². The number of hydrogen-bond donors (Lipinski definition) is 1. The molecule has 4 nitrogen and oxygen atoms in total. The van der Waals surface area contributed by atoms with Crippen molar-refractivity contribution in [3.63, 3.8) is 0 Å². The number of alkyl halides is 1. The fraction of sp³-hybridized carbons (Fsp3) is 0.917. The molecule has 1 N–H and O–H groups in total. The summed E-state index contributed by atoms with van der Waals surface area (Å²) in [5, 5.41) is 2.69. The van der Waals surface area contributed by atoms with Crippen LogP contribution in [0.4, 0.5) is 0 Å². The van der Waals surface area contributed by atoms with E-state index in [4.69, 9.17) is 0 Å². The summed E-state index contributed by atoms with van der Waals surface area (Å²) in [7, 11) is -3.41. The van der Waals surface area contributed by atoms with Crippen LogP contribution in [0, 0.1) is 5.41 Å². The smallest absolute Gasteiger partial charge is 0.240 e. The molecule has 0 aliphatic carbocycles. The second kappa shape index (κ2) is 5.90. The number of sulfone groups is 1. The lowest BCUT2D eigenvalue weighted by molar-refractivity contribution is -0.122. The number of rotatable bonds is 5. The highest BCUT2D eigenvalue weighted by Gasteiger charge is 2.38. The maximum Gasteiger partial charge on any atom is 0.240 e. The number of nitrogens with one attached hydrogen (secondary N) is 1. The first kappa shape index (κ1) is 17.9. The summed E-state index contributed by atoms with van der Waals surface area (Å²) in [6.45, 7) is 9.61. The molecule has 1 unspecified atom stereocenters. The molecular weight excluding hydrogens is 318 g/mol. The normalized spacial score (nSPS) is 15.3. The molecule has 0 spiro atoms. The standard InChI is InChI=1S/C12H24BrNO3S/c1-11(2,3)7-9(13)8-14-10(15)12(4,5)18(6,16)17/h9H,7-8H2,1-6H3,(H,14,15). The van der Waals surface area contributed by atoms with Gasteiger partial charge in [-0.1, -0.05) is 36.7 Å². The van der Waals surface area contributed by atoms with E-state index in [9.17, 15) is 13.2 Å². The van der Waals surface area contributed by atoms with E-state index < -0.39 is 20.5 Å². The van der Waals surface area contributed by atoms with Crippen molar-refractivity contribution in [1.29, 1.82) is 0 Å². The third kappa shape index (κ3) is 5.69. The van der Waals surface area contributed by atoms with E-state index in [1.807, 2.05) is 0 Å². The lowest BCUT2D eigenvalue weighted by atomic mass is 9.90. The quantitative estimate of drug-likeness (QED) is 0.779. The third-order valence-electron chi connectivity index (χ3n) is 2.79. The van der Waals surface area contributed by atoms with E-state index in [0.29, 0.717) is 6.54 Å². The van der Waals surface area contributed by atoms with Gasteiger partial charge in [0.25, 0.3) is 0 Å². The molecule has 0 aromatic carbocycles. The molecule has 18 heavy (non-hydrogen) atoms. The first-order valence-corrected chi connectivity index (χ1v) is 8.70. The fourth-order valence-corrected chi connectivity index (χ4v) is 2.86. The molecular formula is C12H24BrNO3S. The maximum absolute atomic E-state index is 11.9. The van der Waals surface area contributed by atoms with E-state index in [1.165, 1.54) is 13.8 Å². The zero-order chi connectivity index (χ0) is 14.8. The summed E-state index contributed by atoms with van der Waals surface area (Å²) in [6.07, 6.45) is 1.97. The lowest BCUT2D eigenvalue weighted by Crippen LogP contribution is -2.49. The molecule has 1 amide bonds. The lowest BCUT2D eigenvalue weighted by Gasteiger charge is -2.25. The molecule has 1 atom stereocenters. The van der Waals surface area contributed by atoms with Gasteiger partial charge in [0, 0.05) is 17.6 Å². The zero-order valence-corrected chi connectivity index (χ0v) is 14.4. The van der Waals surface area contributed by atoms with Crippen LogP contribution >= 0.6 is 15.9 Å². The number of carbonyl (C=O) groups excluding carboxylic acids is 1. The molecule has 0 aromatic rings. The number of halogens is 1. The largest absolute Gasteiger partial charge is 0.354 e. The Bertz CT molecular complexity index is 396. The maximum atomic E-state index is 11.9. The Labute approximate surface area is 119 Å². The van der Waals surface area contributed by atoms with Crippen molar-refractivity contribution in [2.75, 3.05) is 12.8 Å². The summed E-state index contributed by atoms with van der Waals surface area (Å²) < 4.78 is 21.6. The topological polar surface area (TPSA) is 63.2 Å². The minimum Gasteiger partial charge on any atom is -0.354 e. The van der Waals surface area contributed by atoms with E-state index in [2.05, 4.69) is 42.0 Å². The first-order valence-electron chi connectivity index (χ1n) is 5.89. The SMILES string of the molecule is CC(C)(C)CC(Br)CNC(=O)C(C)(C)S(C)(=O)=O. The summed E-state index contributed by atoms with van der Waals surface area (Å²) >= 11 is 3.50. The molecule has 0 saturated carbocycles. The van der Waals surface area contributed by atoms with Crippen LogP contribution in [0.3, 0.4) is 0 Å². The molecule has 0 radical (unpaired) electrons. The van der Waals surface area contributed by atoms with Gasteiger partial charge in [-0.3, -0.25) is 4.79 Å². The molecule has 108 valence electrons. The van der Waals surface area contributed by atoms with E-state index in [-0.39, 0.29) is 10.2 Å². The molecule has 0 rings (SSSR count). The predicted octanol–water partition coefficient (Wildman–Crippen LogP) is 2.13. The van der Waals surface area contributed by atoms with Crippen molar-refractivity contribution >= 4 is 31.7 Å². The Morgan fingerprint density at radius 2 is 1.67 bits per heavy atom. The van der Waals surface area contributed by atoms with Crippen LogP contribution in [0.2, 0.25) is 0 Å². The van der Waals surface area contributed by atoms with Gasteiger partial charge in [-0.2, -0.15) is 0 Å². The van der Waals surface area contributed by atoms with Crippen LogP contribution in [0.5, 0.6) is 0 Å². The summed E-state index contributed by atoms with van der Waals surface area (Å²) in [6, 6.07) is 0. The summed E-state index contributed by atoms with van der Waals surface area (Å²) in [5.41, 5.74) is 0.158. The third-order valence-corrected chi connectivity index (χ3v) is 5.48. The van der Waals surface area contributed by atoms with Gasteiger partial charge in [0.2, 0.25) is 5.91 Å². The van der Waals surface area contributed by atoms with Crippen LogP contribution in [-0.4, -0.2) is 36.7 Å². The van der Waals surface area contributed by atoms with Gasteiger partial charge >= 0.3 is 0 Å². The van der Waals surface area contributed by atoms with Crippen molar-refractivity contribution in [2.45, 2.75) is 50.6 Å². The number of hydrogen-bond acceptors (Lipinski definition) is 3. The van der Waals surface area contributed by atoms with Crippen molar-refractivity contribution < 1.29 is 13.2 Å². The second-order valence-corrected chi connectivity index (χ2v) is 10.2. The Morgan fingerprint density at radius 3 is 2.00 bits per heavy atom. The van der Waals surface area contributed by atoms with Crippen molar-refractivity contribution in [3.8, 4) is 0 Å². The monoisotopic (exact) mass is 341 g/mol. The average molecular weight is 342 g/mol. The molecule has 0 fully saturated rings. The van der Waals surface area contributed by atoms with E-state index in [1.54, 1.807) is 0 Å². The van der Waals surface area contributed by atoms with Crippen molar-refractivity contribution in [2.24, 2.45) is 5.41 Å². The fourth-order valence-electron chi connectivity index (χ4n) is 1.32. The van der Waals surface area contributed by atoms with Crippen molar-refractivity contribution in [1.82, 2.24) is 5.32 Å². The zero-order valence-electron chi connectivity index (χ0n) is 12.0. The van der Waals surface area contributed by atoms with Crippen LogP contribution in [0.25, 0.3) is 0 Å². The highest BCUT2D eigenvalue weighted by molar-refractivity contribution is 9.09. The molecule has 0 aromatic heterocycles. The van der Waals surface area contributed by atoms with Crippen LogP contribution in [0.15, 0.2) is 0 Å².